The molecule has 9 aromatic rings. The van der Waals surface area contributed by atoms with Crippen molar-refractivity contribution in [2.24, 2.45) is 0 Å². The summed E-state index contributed by atoms with van der Waals surface area (Å²) in [6, 6.07) is 54.4. The number of nitrogens with zero attached hydrogens (tertiary/aromatic N) is 2. The molecule has 0 radical (unpaired) electrons. The van der Waals surface area contributed by atoms with Gasteiger partial charge in [-0.25, -0.2) is 4.98 Å². The van der Waals surface area contributed by atoms with E-state index in [1.807, 2.05) is 12.1 Å². The van der Waals surface area contributed by atoms with Crippen molar-refractivity contribution < 1.29 is 4.42 Å². The monoisotopic (exact) mass is 664 g/mol. The Balaban J connectivity index is 1.16. The molecule has 3 nitrogen and oxygen atoms in total. The molecule has 52 heavy (non-hydrogen) atoms. The summed E-state index contributed by atoms with van der Waals surface area (Å²) in [5.41, 5.74) is 15.5. The smallest absolute Gasteiger partial charge is 0.143 e. The SMILES string of the molecule is C1=CC(c2ccc3c4c(nc5ccccc5c24)-c2cc(-c4ccccc4)ccc2N3c2ccc(-c3cccc4c3oc3ccccc34)cc2)=CCC1. The summed E-state index contributed by atoms with van der Waals surface area (Å²) in [6.45, 7) is 0. The zero-order chi connectivity index (χ0) is 34.2. The van der Waals surface area contributed by atoms with E-state index in [0.717, 1.165) is 79.7 Å². The fraction of sp³-hybridized carbons (Fsp3) is 0.0408. The van der Waals surface area contributed by atoms with E-state index >= 15 is 0 Å². The highest BCUT2D eigenvalue weighted by Gasteiger charge is 2.30. The van der Waals surface area contributed by atoms with Crippen LogP contribution in [0, 0.1) is 0 Å². The first-order valence-corrected chi connectivity index (χ1v) is 18.0. The van der Waals surface area contributed by atoms with Gasteiger partial charge in [-0.15, -0.1) is 0 Å². The first-order chi connectivity index (χ1) is 25.8. The molecule has 244 valence electrons. The average molecular weight is 665 g/mol. The molecule has 3 heterocycles. The molecule has 0 atom stereocenters. The molecular formula is C49H32N2O. The van der Waals surface area contributed by atoms with Crippen LogP contribution in [0.3, 0.4) is 0 Å². The summed E-state index contributed by atoms with van der Waals surface area (Å²) in [5, 5.41) is 5.89. The molecule has 0 saturated heterocycles. The number of fused-ring (bicyclic) bond motifs is 7. The minimum absolute atomic E-state index is 0.910. The van der Waals surface area contributed by atoms with Gasteiger partial charge in [-0.1, -0.05) is 127 Å². The number of rotatable bonds is 4. The number of aromatic nitrogens is 1. The predicted molar refractivity (Wildman–Crippen MR) is 217 cm³/mol. The van der Waals surface area contributed by atoms with Crippen molar-refractivity contribution in [3.8, 4) is 33.5 Å². The number of benzene rings is 7. The number of hydrogen-bond acceptors (Lipinski definition) is 3. The number of furan rings is 1. The first-order valence-electron chi connectivity index (χ1n) is 18.0. The molecule has 0 unspecified atom stereocenters. The van der Waals surface area contributed by atoms with Gasteiger partial charge < -0.3 is 9.32 Å². The molecule has 7 aromatic carbocycles. The minimum atomic E-state index is 0.910. The largest absolute Gasteiger partial charge is 0.455 e. The van der Waals surface area contributed by atoms with Crippen molar-refractivity contribution in [3.05, 3.63) is 175 Å². The highest BCUT2D eigenvalue weighted by Crippen LogP contribution is 2.53. The van der Waals surface area contributed by atoms with E-state index in [1.54, 1.807) is 0 Å². The van der Waals surface area contributed by atoms with E-state index in [4.69, 9.17) is 9.40 Å². The van der Waals surface area contributed by atoms with Crippen molar-refractivity contribution in [1.29, 1.82) is 0 Å². The number of allylic oxidation sites excluding steroid dienone is 4. The summed E-state index contributed by atoms with van der Waals surface area (Å²) in [4.78, 5) is 7.88. The highest BCUT2D eigenvalue weighted by molar-refractivity contribution is 6.23. The van der Waals surface area contributed by atoms with Crippen molar-refractivity contribution in [1.82, 2.24) is 4.98 Å². The van der Waals surface area contributed by atoms with Gasteiger partial charge in [-0.3, -0.25) is 0 Å². The normalized spacial score (nSPS) is 13.6. The lowest BCUT2D eigenvalue weighted by Crippen LogP contribution is -2.16. The van der Waals surface area contributed by atoms with Crippen LogP contribution in [-0.2, 0) is 0 Å². The number of hydrogen-bond donors (Lipinski definition) is 0. The molecule has 11 rings (SSSR count). The average Bonchev–Trinajstić information content (AvgIpc) is 3.61. The Morgan fingerprint density at radius 3 is 2.15 bits per heavy atom. The van der Waals surface area contributed by atoms with E-state index in [9.17, 15) is 0 Å². The maximum absolute atomic E-state index is 6.43. The predicted octanol–water partition coefficient (Wildman–Crippen LogP) is 13.8. The van der Waals surface area contributed by atoms with E-state index in [2.05, 4.69) is 163 Å². The van der Waals surface area contributed by atoms with Gasteiger partial charge in [0.1, 0.15) is 11.2 Å². The Bertz CT molecular complexity index is 2950. The molecule has 0 fully saturated rings. The van der Waals surface area contributed by atoms with Gasteiger partial charge in [0.15, 0.2) is 0 Å². The molecule has 0 bridgehead atoms. The van der Waals surface area contributed by atoms with Crippen LogP contribution in [-0.4, -0.2) is 4.98 Å². The second kappa shape index (κ2) is 11.4. The van der Waals surface area contributed by atoms with E-state index < -0.39 is 0 Å². The van der Waals surface area contributed by atoms with Crippen LogP contribution in [0.15, 0.2) is 174 Å². The molecular weight excluding hydrogens is 633 g/mol. The summed E-state index contributed by atoms with van der Waals surface area (Å²) < 4.78 is 6.43. The van der Waals surface area contributed by atoms with Crippen LogP contribution in [0.4, 0.5) is 17.1 Å². The summed E-state index contributed by atoms with van der Waals surface area (Å²) in [5.74, 6) is 0. The van der Waals surface area contributed by atoms with Crippen LogP contribution >= 0.6 is 0 Å². The zero-order valence-electron chi connectivity index (χ0n) is 28.4. The van der Waals surface area contributed by atoms with Gasteiger partial charge in [0.2, 0.25) is 0 Å². The van der Waals surface area contributed by atoms with Crippen LogP contribution in [0.1, 0.15) is 18.4 Å². The Hall–Kier alpha value is -6.71. The highest BCUT2D eigenvalue weighted by atomic mass is 16.3. The number of anilines is 3. The Morgan fingerprint density at radius 1 is 0.519 bits per heavy atom. The standard InChI is InChI=1S/C49H32N2O/c1-3-12-31(13-4-1)34-24-28-43-41(30-34)48-47-44(29-27-36(32-14-5-2-6-15-32)46(47)40-17-7-9-20-42(40)50-48)51(43)35-25-22-33(23-26-35)37-18-11-19-39-38-16-8-10-21-45(38)52-49(37)39/h1,3-5,7-30H,2,6H2. The first kappa shape index (κ1) is 29.1. The molecule has 2 aromatic heterocycles. The second-order valence-electron chi connectivity index (χ2n) is 13.8. The van der Waals surface area contributed by atoms with Gasteiger partial charge in [0.25, 0.3) is 0 Å². The lowest BCUT2D eigenvalue weighted by Gasteiger charge is -2.34. The van der Waals surface area contributed by atoms with Crippen molar-refractivity contribution >= 4 is 66.2 Å². The van der Waals surface area contributed by atoms with E-state index in [1.165, 1.54) is 38.4 Å². The fourth-order valence-electron chi connectivity index (χ4n) is 8.41. The summed E-state index contributed by atoms with van der Waals surface area (Å²) >= 11 is 0. The third-order valence-electron chi connectivity index (χ3n) is 10.8. The van der Waals surface area contributed by atoms with Gasteiger partial charge in [-0.2, -0.15) is 0 Å². The maximum atomic E-state index is 6.43. The third kappa shape index (κ3) is 4.36. The van der Waals surface area contributed by atoms with E-state index in [-0.39, 0.29) is 0 Å². The molecule has 0 saturated carbocycles. The van der Waals surface area contributed by atoms with Crippen LogP contribution in [0.25, 0.3) is 82.7 Å². The van der Waals surface area contributed by atoms with Crippen molar-refractivity contribution in [3.63, 3.8) is 0 Å². The Morgan fingerprint density at radius 2 is 1.29 bits per heavy atom. The van der Waals surface area contributed by atoms with Crippen LogP contribution in [0.2, 0.25) is 0 Å². The molecule has 0 amide bonds. The zero-order valence-corrected chi connectivity index (χ0v) is 28.4. The molecule has 0 spiro atoms. The lowest BCUT2D eigenvalue weighted by atomic mass is 9.86. The topological polar surface area (TPSA) is 29.3 Å². The van der Waals surface area contributed by atoms with Crippen molar-refractivity contribution in [2.75, 3.05) is 4.90 Å². The van der Waals surface area contributed by atoms with Crippen molar-refractivity contribution in [2.45, 2.75) is 12.8 Å². The fourth-order valence-corrected chi connectivity index (χ4v) is 8.41. The Kier molecular flexibility index (Phi) is 6.38. The molecule has 2 aliphatic rings. The van der Waals surface area contributed by atoms with Gasteiger partial charge in [0.05, 0.1) is 22.6 Å². The minimum Gasteiger partial charge on any atom is -0.455 e. The molecule has 1 aliphatic carbocycles. The van der Waals surface area contributed by atoms with Crippen LogP contribution < -0.4 is 4.90 Å². The number of pyridine rings is 1. The molecule has 1 aliphatic heterocycles. The Labute approximate surface area is 301 Å². The van der Waals surface area contributed by atoms with Gasteiger partial charge >= 0.3 is 0 Å². The number of para-hydroxylation sites is 3. The van der Waals surface area contributed by atoms with Gasteiger partial charge in [-0.05, 0) is 83.1 Å². The molecule has 0 N–H and O–H groups in total. The van der Waals surface area contributed by atoms with Crippen LogP contribution in [0.5, 0.6) is 0 Å². The molecule has 3 heteroatoms. The summed E-state index contributed by atoms with van der Waals surface area (Å²) in [7, 11) is 0. The second-order valence-corrected chi connectivity index (χ2v) is 13.8. The summed E-state index contributed by atoms with van der Waals surface area (Å²) in [6.07, 6.45) is 9.10. The quantitative estimate of drug-likeness (QED) is 0.175. The lowest BCUT2D eigenvalue weighted by molar-refractivity contribution is 0.670. The van der Waals surface area contributed by atoms with Gasteiger partial charge in [0, 0.05) is 43.7 Å². The van der Waals surface area contributed by atoms with E-state index in [0.29, 0.717) is 0 Å². The maximum Gasteiger partial charge on any atom is 0.143 e. The third-order valence-corrected chi connectivity index (χ3v) is 10.8.